The largest absolute Gasteiger partial charge is 0.454 e. The second-order valence-electron chi connectivity index (χ2n) is 6.62. The maximum Gasteiger partial charge on any atom is 0.259 e. The molecule has 0 fully saturated rings. The summed E-state index contributed by atoms with van der Waals surface area (Å²) in [5.74, 6) is 0.407. The van der Waals surface area contributed by atoms with Crippen molar-refractivity contribution in [1.82, 2.24) is 0 Å². The molecule has 2 N–H and O–H groups in total. The molecule has 0 saturated heterocycles. The molecule has 3 aromatic carbocycles. The van der Waals surface area contributed by atoms with Gasteiger partial charge in [0.2, 0.25) is 5.91 Å². The lowest BCUT2D eigenvalue weighted by atomic mass is 9.95. The molecular formula is C23H20N2O3. The van der Waals surface area contributed by atoms with Crippen LogP contribution in [0.2, 0.25) is 0 Å². The topological polar surface area (TPSA) is 67.4 Å². The summed E-state index contributed by atoms with van der Waals surface area (Å²) in [6.07, 6.45) is 0.680. The van der Waals surface area contributed by atoms with E-state index < -0.39 is 0 Å². The Labute approximate surface area is 163 Å². The number of rotatable bonds is 4. The van der Waals surface area contributed by atoms with Crippen molar-refractivity contribution in [2.75, 3.05) is 10.6 Å². The number of nitrogens with one attached hydrogen (secondary N) is 2. The van der Waals surface area contributed by atoms with E-state index >= 15 is 0 Å². The minimum atomic E-state index is -0.272. The average molecular weight is 372 g/mol. The molecule has 0 aromatic heterocycles. The summed E-state index contributed by atoms with van der Waals surface area (Å²) in [5, 5.41) is 5.77. The number of hydrogen-bond donors (Lipinski definition) is 2. The Balaban J connectivity index is 1.59. The van der Waals surface area contributed by atoms with Crippen LogP contribution in [0.4, 0.5) is 11.4 Å². The fourth-order valence-corrected chi connectivity index (χ4v) is 3.33. The van der Waals surface area contributed by atoms with E-state index in [2.05, 4.69) is 10.6 Å². The second kappa shape index (κ2) is 7.56. The smallest absolute Gasteiger partial charge is 0.259 e. The molecule has 1 atom stereocenters. The van der Waals surface area contributed by atoms with Crippen LogP contribution in [0.3, 0.4) is 0 Å². The maximum absolute atomic E-state index is 12.8. The summed E-state index contributed by atoms with van der Waals surface area (Å²) in [4.78, 5) is 25.4. The lowest BCUT2D eigenvalue weighted by molar-refractivity contribution is -0.117. The monoisotopic (exact) mass is 372 g/mol. The van der Waals surface area contributed by atoms with E-state index in [0.29, 0.717) is 34.9 Å². The zero-order chi connectivity index (χ0) is 19.5. The van der Waals surface area contributed by atoms with Gasteiger partial charge in [0.15, 0.2) is 5.75 Å². The van der Waals surface area contributed by atoms with Gasteiger partial charge in [0.25, 0.3) is 5.91 Å². The molecule has 0 bridgehead atoms. The molecular weight excluding hydrogens is 352 g/mol. The summed E-state index contributed by atoms with van der Waals surface area (Å²) in [5.41, 5.74) is 2.52. The van der Waals surface area contributed by atoms with Crippen molar-refractivity contribution in [2.24, 2.45) is 0 Å². The number of fused-ring (bicyclic) bond motifs is 2. The number of hydrogen-bond acceptors (Lipinski definition) is 3. The summed E-state index contributed by atoms with van der Waals surface area (Å²) < 4.78 is 5.87. The van der Waals surface area contributed by atoms with Gasteiger partial charge in [-0.25, -0.2) is 0 Å². The Morgan fingerprint density at radius 1 is 1.00 bits per heavy atom. The number of carbonyl (C=O) groups is 2. The Bertz CT molecular complexity index is 1030. The number of anilines is 2. The molecule has 0 saturated carbocycles. The molecule has 1 unspecified atom stereocenters. The van der Waals surface area contributed by atoms with Gasteiger partial charge in [0, 0.05) is 5.69 Å². The molecule has 4 rings (SSSR count). The van der Waals surface area contributed by atoms with Crippen LogP contribution in [0.15, 0.2) is 72.8 Å². The van der Waals surface area contributed by atoms with Gasteiger partial charge < -0.3 is 15.4 Å². The highest BCUT2D eigenvalue weighted by Crippen LogP contribution is 2.36. The van der Waals surface area contributed by atoms with Crippen molar-refractivity contribution in [3.05, 3.63) is 83.9 Å². The van der Waals surface area contributed by atoms with Gasteiger partial charge in [0.1, 0.15) is 5.75 Å². The van der Waals surface area contributed by atoms with Gasteiger partial charge in [0.05, 0.1) is 17.2 Å². The van der Waals surface area contributed by atoms with Crippen molar-refractivity contribution in [3.63, 3.8) is 0 Å². The first kappa shape index (κ1) is 17.8. The van der Waals surface area contributed by atoms with E-state index in [-0.39, 0.29) is 17.7 Å². The van der Waals surface area contributed by atoms with Crippen molar-refractivity contribution in [2.45, 2.75) is 19.3 Å². The average Bonchev–Trinajstić information content (AvgIpc) is 2.85. The molecule has 1 heterocycles. The van der Waals surface area contributed by atoms with Gasteiger partial charge in [-0.1, -0.05) is 49.4 Å². The normalized spacial score (nSPS) is 13.2. The number of benzene rings is 3. The number of amides is 2. The molecule has 2 amide bonds. The molecule has 28 heavy (non-hydrogen) atoms. The Morgan fingerprint density at radius 3 is 2.54 bits per heavy atom. The summed E-state index contributed by atoms with van der Waals surface area (Å²) in [7, 11) is 0. The third-order valence-electron chi connectivity index (χ3n) is 4.77. The van der Waals surface area contributed by atoms with Crippen LogP contribution in [0.25, 0.3) is 0 Å². The highest BCUT2D eigenvalue weighted by Gasteiger charge is 2.23. The molecule has 5 nitrogen and oxygen atoms in total. The van der Waals surface area contributed by atoms with Gasteiger partial charge >= 0.3 is 0 Å². The van der Waals surface area contributed by atoms with E-state index in [1.807, 2.05) is 49.4 Å². The molecule has 140 valence electrons. The van der Waals surface area contributed by atoms with E-state index in [1.54, 1.807) is 30.3 Å². The number of carbonyl (C=O) groups excluding carboxylic acids is 2. The Hall–Kier alpha value is -3.60. The molecule has 1 aliphatic heterocycles. The first-order valence-corrected chi connectivity index (χ1v) is 9.24. The van der Waals surface area contributed by atoms with Crippen molar-refractivity contribution >= 4 is 23.2 Å². The van der Waals surface area contributed by atoms with Crippen molar-refractivity contribution in [3.8, 4) is 11.5 Å². The quantitative estimate of drug-likeness (QED) is 0.663. The number of ether oxygens (including phenoxy) is 1. The SMILES string of the molecule is CCC(C(=O)Nc1ccc2c(c1)C(=O)Nc1ccccc1O2)c1ccccc1. The third-order valence-corrected chi connectivity index (χ3v) is 4.77. The Morgan fingerprint density at radius 2 is 1.75 bits per heavy atom. The number of para-hydroxylation sites is 2. The first-order chi connectivity index (χ1) is 13.7. The Kier molecular flexibility index (Phi) is 4.81. The van der Waals surface area contributed by atoms with E-state index in [1.165, 1.54) is 0 Å². The lowest BCUT2D eigenvalue weighted by Gasteiger charge is -2.16. The molecule has 0 spiro atoms. The summed E-state index contributed by atoms with van der Waals surface area (Å²) in [6.45, 7) is 1.98. The summed E-state index contributed by atoms with van der Waals surface area (Å²) in [6, 6.07) is 22.0. The zero-order valence-electron chi connectivity index (χ0n) is 15.4. The van der Waals surface area contributed by atoms with Crippen molar-refractivity contribution < 1.29 is 14.3 Å². The molecule has 1 aliphatic rings. The van der Waals surface area contributed by atoms with E-state index in [0.717, 1.165) is 5.56 Å². The van der Waals surface area contributed by atoms with E-state index in [9.17, 15) is 9.59 Å². The van der Waals surface area contributed by atoms with Crippen LogP contribution in [-0.4, -0.2) is 11.8 Å². The fourth-order valence-electron chi connectivity index (χ4n) is 3.33. The highest BCUT2D eigenvalue weighted by atomic mass is 16.5. The van der Waals surface area contributed by atoms with E-state index in [4.69, 9.17) is 4.74 Å². The van der Waals surface area contributed by atoms with Crippen LogP contribution in [-0.2, 0) is 4.79 Å². The molecule has 3 aromatic rings. The van der Waals surface area contributed by atoms with Crippen LogP contribution in [0, 0.1) is 0 Å². The fraction of sp³-hybridized carbons (Fsp3) is 0.130. The van der Waals surface area contributed by atoms with Gasteiger partial charge in [-0.05, 0) is 42.3 Å². The van der Waals surface area contributed by atoms with Gasteiger partial charge in [-0.15, -0.1) is 0 Å². The van der Waals surface area contributed by atoms with Crippen LogP contribution >= 0.6 is 0 Å². The molecule has 0 aliphatic carbocycles. The van der Waals surface area contributed by atoms with Gasteiger partial charge in [-0.2, -0.15) is 0 Å². The van der Waals surface area contributed by atoms with Crippen LogP contribution in [0.1, 0.15) is 35.2 Å². The second-order valence-corrected chi connectivity index (χ2v) is 6.62. The third kappa shape index (κ3) is 3.47. The highest BCUT2D eigenvalue weighted by molar-refractivity contribution is 6.09. The van der Waals surface area contributed by atoms with Crippen LogP contribution in [0.5, 0.6) is 11.5 Å². The minimum absolute atomic E-state index is 0.105. The van der Waals surface area contributed by atoms with Crippen LogP contribution < -0.4 is 15.4 Å². The standard InChI is InChI=1S/C23H20N2O3/c1-2-17(15-8-4-3-5-9-15)22(26)24-16-12-13-20-18(14-16)23(27)25-19-10-6-7-11-21(19)28-20/h3-14,17H,2H2,1H3,(H,24,26)(H,25,27). The zero-order valence-corrected chi connectivity index (χ0v) is 15.4. The molecule has 5 heteroatoms. The summed E-state index contributed by atoms with van der Waals surface area (Å²) >= 11 is 0. The lowest BCUT2D eigenvalue weighted by Crippen LogP contribution is -2.21. The first-order valence-electron chi connectivity index (χ1n) is 9.24. The predicted molar refractivity (Wildman–Crippen MR) is 109 cm³/mol. The molecule has 0 radical (unpaired) electrons. The van der Waals surface area contributed by atoms with Gasteiger partial charge in [-0.3, -0.25) is 9.59 Å². The minimum Gasteiger partial charge on any atom is -0.454 e. The maximum atomic E-state index is 12.8. The van der Waals surface area contributed by atoms with Crippen molar-refractivity contribution in [1.29, 1.82) is 0 Å². The predicted octanol–water partition coefficient (Wildman–Crippen LogP) is 5.18.